The Labute approximate surface area is 217 Å². The highest BCUT2D eigenvalue weighted by Crippen LogP contribution is 2.18. The lowest BCUT2D eigenvalue weighted by molar-refractivity contribution is -0.121. The first-order valence-electron chi connectivity index (χ1n) is 13.7. The van der Waals surface area contributed by atoms with E-state index in [1.807, 2.05) is 48.5 Å². The molecule has 0 aliphatic carbocycles. The van der Waals surface area contributed by atoms with Gasteiger partial charge in [0.1, 0.15) is 11.5 Å². The summed E-state index contributed by atoms with van der Waals surface area (Å²) in [4.78, 5) is 24.5. The molecule has 0 aromatic heterocycles. The number of hydrogen-bond donors (Lipinski definition) is 2. The smallest absolute Gasteiger partial charge is 0.224 e. The summed E-state index contributed by atoms with van der Waals surface area (Å²) in [5.41, 5.74) is 1.38. The zero-order chi connectivity index (χ0) is 25.8. The normalized spacial score (nSPS) is 10.6. The van der Waals surface area contributed by atoms with E-state index in [4.69, 9.17) is 9.47 Å². The second-order valence-electron chi connectivity index (χ2n) is 9.17. The van der Waals surface area contributed by atoms with Crippen molar-refractivity contribution in [2.45, 2.75) is 90.9 Å². The number of carbonyl (C=O) groups is 2. The maximum absolute atomic E-state index is 12.2. The van der Waals surface area contributed by atoms with Crippen molar-refractivity contribution >= 4 is 23.2 Å². The molecule has 2 aromatic rings. The van der Waals surface area contributed by atoms with E-state index in [-0.39, 0.29) is 24.7 Å². The average molecular weight is 497 g/mol. The lowest BCUT2D eigenvalue weighted by Crippen LogP contribution is -2.17. The van der Waals surface area contributed by atoms with Crippen LogP contribution in [0.3, 0.4) is 0 Å². The van der Waals surface area contributed by atoms with Crippen LogP contribution < -0.4 is 20.1 Å². The Kier molecular flexibility index (Phi) is 14.8. The summed E-state index contributed by atoms with van der Waals surface area (Å²) < 4.78 is 11.5. The Bertz CT molecular complexity index is 792. The number of carbonyl (C=O) groups excluding carboxylic acids is 2. The second-order valence-corrected chi connectivity index (χ2v) is 9.17. The van der Waals surface area contributed by atoms with Crippen LogP contribution in [0.1, 0.15) is 90.9 Å². The van der Waals surface area contributed by atoms with Gasteiger partial charge < -0.3 is 20.1 Å². The molecule has 0 saturated heterocycles. The Morgan fingerprint density at radius 3 is 1.28 bits per heavy atom. The van der Waals surface area contributed by atoms with E-state index in [1.165, 1.54) is 51.4 Å². The Morgan fingerprint density at radius 2 is 0.917 bits per heavy atom. The predicted molar refractivity (Wildman–Crippen MR) is 148 cm³/mol. The summed E-state index contributed by atoms with van der Waals surface area (Å²) in [6.07, 6.45) is 12.2. The third-order valence-electron chi connectivity index (χ3n) is 5.89. The van der Waals surface area contributed by atoms with Crippen molar-refractivity contribution in [3.63, 3.8) is 0 Å². The molecule has 0 radical (unpaired) electrons. The number of nitrogens with one attached hydrogen (secondary N) is 2. The van der Waals surface area contributed by atoms with E-state index >= 15 is 0 Å². The van der Waals surface area contributed by atoms with Gasteiger partial charge in [-0.2, -0.15) is 0 Å². The van der Waals surface area contributed by atoms with Crippen LogP contribution in [-0.4, -0.2) is 25.0 Å². The highest BCUT2D eigenvalue weighted by atomic mass is 16.5. The molecule has 0 heterocycles. The molecule has 2 amide bonds. The predicted octanol–water partition coefficient (Wildman–Crippen LogP) is 7.74. The molecule has 36 heavy (non-hydrogen) atoms. The van der Waals surface area contributed by atoms with Crippen molar-refractivity contribution in [3.8, 4) is 11.5 Å². The molecule has 0 spiro atoms. The number of rotatable bonds is 19. The summed E-state index contributed by atoms with van der Waals surface area (Å²) >= 11 is 0. The molecule has 0 atom stereocenters. The topological polar surface area (TPSA) is 76.7 Å². The van der Waals surface area contributed by atoms with Crippen molar-refractivity contribution in [1.82, 2.24) is 0 Å². The van der Waals surface area contributed by atoms with Crippen LogP contribution in [0.5, 0.6) is 11.5 Å². The molecule has 0 aliphatic rings. The first-order chi connectivity index (χ1) is 17.6. The number of ether oxygens (including phenoxy) is 2. The minimum Gasteiger partial charge on any atom is -0.494 e. The molecule has 0 saturated carbocycles. The van der Waals surface area contributed by atoms with Gasteiger partial charge in [0.2, 0.25) is 11.8 Å². The Balaban J connectivity index is 1.60. The van der Waals surface area contributed by atoms with Crippen LogP contribution in [0, 0.1) is 0 Å². The molecular weight excluding hydrogens is 452 g/mol. The van der Waals surface area contributed by atoms with Crippen LogP contribution in [0.15, 0.2) is 48.5 Å². The monoisotopic (exact) mass is 496 g/mol. The van der Waals surface area contributed by atoms with Crippen LogP contribution in [0.25, 0.3) is 0 Å². The second kappa shape index (κ2) is 18.3. The molecule has 2 aromatic carbocycles. The summed E-state index contributed by atoms with van der Waals surface area (Å²) in [6.45, 7) is 5.83. The van der Waals surface area contributed by atoms with E-state index in [0.717, 1.165) is 24.3 Å². The maximum atomic E-state index is 12.2. The van der Waals surface area contributed by atoms with Gasteiger partial charge in [0, 0.05) is 24.2 Å². The van der Waals surface area contributed by atoms with Gasteiger partial charge in [0.05, 0.1) is 13.2 Å². The van der Waals surface area contributed by atoms with E-state index in [9.17, 15) is 9.59 Å². The fraction of sp³-hybridized carbons (Fsp3) is 0.533. The molecule has 6 heteroatoms. The first-order valence-corrected chi connectivity index (χ1v) is 13.7. The number of anilines is 2. The standard InChI is InChI=1S/C30H44N2O4/c1-3-5-7-9-11-23-35-27-17-13-25(14-18-27)31-29(33)21-22-30(34)32-26-15-19-28(20-16-26)36-24-12-10-8-6-4-2/h13-20H,3-12,21-24H2,1-2H3,(H,31,33)(H,32,34). The maximum Gasteiger partial charge on any atom is 0.224 e. The van der Waals surface area contributed by atoms with E-state index in [2.05, 4.69) is 24.5 Å². The Hall–Kier alpha value is -3.02. The van der Waals surface area contributed by atoms with Crippen molar-refractivity contribution in [3.05, 3.63) is 48.5 Å². The van der Waals surface area contributed by atoms with Crippen molar-refractivity contribution < 1.29 is 19.1 Å². The van der Waals surface area contributed by atoms with Crippen molar-refractivity contribution in [2.75, 3.05) is 23.8 Å². The fourth-order valence-electron chi connectivity index (χ4n) is 3.73. The van der Waals surface area contributed by atoms with Gasteiger partial charge in [-0.15, -0.1) is 0 Å². The lowest BCUT2D eigenvalue weighted by Gasteiger charge is -2.09. The zero-order valence-corrected chi connectivity index (χ0v) is 22.2. The average Bonchev–Trinajstić information content (AvgIpc) is 2.89. The van der Waals surface area contributed by atoms with Gasteiger partial charge in [0.25, 0.3) is 0 Å². The molecule has 2 N–H and O–H groups in total. The van der Waals surface area contributed by atoms with Gasteiger partial charge in [-0.25, -0.2) is 0 Å². The third kappa shape index (κ3) is 13.2. The Morgan fingerprint density at radius 1 is 0.556 bits per heavy atom. The summed E-state index contributed by atoms with van der Waals surface area (Å²) in [7, 11) is 0. The quantitative estimate of drug-likeness (QED) is 0.195. The molecule has 0 fully saturated rings. The van der Waals surface area contributed by atoms with Crippen LogP contribution in [0.4, 0.5) is 11.4 Å². The van der Waals surface area contributed by atoms with E-state index in [1.54, 1.807) is 0 Å². The minimum absolute atomic E-state index is 0.112. The highest BCUT2D eigenvalue weighted by Gasteiger charge is 2.08. The number of amides is 2. The SMILES string of the molecule is CCCCCCCOc1ccc(NC(=O)CCC(=O)Nc2ccc(OCCCCCCC)cc2)cc1. The fourth-order valence-corrected chi connectivity index (χ4v) is 3.73. The molecule has 0 unspecified atom stereocenters. The highest BCUT2D eigenvalue weighted by molar-refractivity contribution is 5.96. The largest absolute Gasteiger partial charge is 0.494 e. The van der Waals surface area contributed by atoms with Crippen molar-refractivity contribution in [2.24, 2.45) is 0 Å². The lowest BCUT2D eigenvalue weighted by atomic mass is 10.2. The number of unbranched alkanes of at least 4 members (excludes halogenated alkanes) is 8. The van der Waals surface area contributed by atoms with Crippen LogP contribution in [-0.2, 0) is 9.59 Å². The van der Waals surface area contributed by atoms with Gasteiger partial charge in [-0.05, 0) is 61.4 Å². The molecule has 2 rings (SSSR count). The van der Waals surface area contributed by atoms with Gasteiger partial charge in [0.15, 0.2) is 0 Å². The summed E-state index contributed by atoms with van der Waals surface area (Å²) in [5, 5.41) is 5.66. The summed E-state index contributed by atoms with van der Waals surface area (Å²) in [6, 6.07) is 14.7. The minimum atomic E-state index is -0.197. The first kappa shape index (κ1) is 29.2. The third-order valence-corrected chi connectivity index (χ3v) is 5.89. The number of benzene rings is 2. The molecule has 198 valence electrons. The van der Waals surface area contributed by atoms with Gasteiger partial charge >= 0.3 is 0 Å². The molecular formula is C30H44N2O4. The van der Waals surface area contributed by atoms with Gasteiger partial charge in [-0.1, -0.05) is 65.2 Å². The molecule has 6 nitrogen and oxygen atoms in total. The van der Waals surface area contributed by atoms with Crippen LogP contribution in [0.2, 0.25) is 0 Å². The molecule has 0 bridgehead atoms. The molecule has 0 aliphatic heterocycles. The van der Waals surface area contributed by atoms with E-state index in [0.29, 0.717) is 24.6 Å². The van der Waals surface area contributed by atoms with Crippen molar-refractivity contribution in [1.29, 1.82) is 0 Å². The van der Waals surface area contributed by atoms with Crippen LogP contribution >= 0.6 is 0 Å². The summed E-state index contributed by atoms with van der Waals surface area (Å²) in [5.74, 6) is 1.20. The van der Waals surface area contributed by atoms with E-state index < -0.39 is 0 Å². The van der Waals surface area contributed by atoms with Gasteiger partial charge in [-0.3, -0.25) is 9.59 Å². The number of hydrogen-bond acceptors (Lipinski definition) is 4. The zero-order valence-electron chi connectivity index (χ0n) is 22.2.